The largest absolute Gasteiger partial charge is 0.377 e. The van der Waals surface area contributed by atoms with Crippen LogP contribution in [0, 0.1) is 11.6 Å². The number of hydrogen-bond acceptors (Lipinski definition) is 6. The first kappa shape index (κ1) is 22.4. The average Bonchev–Trinajstić information content (AvgIpc) is 3.22. The van der Waals surface area contributed by atoms with E-state index < -0.39 is 23.1 Å². The highest BCUT2D eigenvalue weighted by Gasteiger charge is 2.33. The molecule has 1 fully saturated rings. The minimum absolute atomic E-state index is 0.232. The second kappa shape index (κ2) is 8.77. The average molecular weight is 487 g/mol. The third-order valence-corrected chi connectivity index (χ3v) is 6.21. The number of aromatic nitrogens is 4. The number of hydrogen-bond donors (Lipinski definition) is 0. The lowest BCUT2D eigenvalue weighted by molar-refractivity contribution is 0.0663. The predicted octanol–water partition coefficient (Wildman–Crippen LogP) is 3.71. The number of piperazine rings is 1. The number of carbonyl (C=O) groups is 1. The van der Waals surface area contributed by atoms with Crippen LogP contribution in [0.4, 0.5) is 14.7 Å². The summed E-state index contributed by atoms with van der Waals surface area (Å²) in [7, 11) is 1.57. The van der Waals surface area contributed by atoms with Crippen LogP contribution in [0.15, 0.2) is 36.4 Å². The zero-order valence-electron chi connectivity index (χ0n) is 18.5. The molecule has 34 heavy (non-hydrogen) atoms. The van der Waals surface area contributed by atoms with Gasteiger partial charge in [-0.3, -0.25) is 4.79 Å². The van der Waals surface area contributed by atoms with Crippen LogP contribution in [0.5, 0.6) is 0 Å². The summed E-state index contributed by atoms with van der Waals surface area (Å²) in [6.07, 6.45) is 0. The Morgan fingerprint density at radius 3 is 2.65 bits per heavy atom. The summed E-state index contributed by atoms with van der Waals surface area (Å²) in [5, 5.41) is 9.96. The number of benzene rings is 2. The smallest absolute Gasteiger partial charge is 0.260 e. The van der Waals surface area contributed by atoms with Crippen molar-refractivity contribution in [3.63, 3.8) is 0 Å². The summed E-state index contributed by atoms with van der Waals surface area (Å²) < 4.78 is 35.6. The molecule has 1 amide bonds. The van der Waals surface area contributed by atoms with Crippen LogP contribution in [0.3, 0.4) is 0 Å². The summed E-state index contributed by atoms with van der Waals surface area (Å²) in [6.45, 7) is 3.10. The van der Waals surface area contributed by atoms with Crippen molar-refractivity contribution in [1.29, 1.82) is 0 Å². The van der Waals surface area contributed by atoms with Crippen LogP contribution < -0.4 is 4.90 Å². The normalized spacial score (nSPS) is 16.6. The van der Waals surface area contributed by atoms with Crippen molar-refractivity contribution in [1.82, 2.24) is 24.5 Å². The highest BCUT2D eigenvalue weighted by Crippen LogP contribution is 2.28. The maximum atomic E-state index is 14.2. The van der Waals surface area contributed by atoms with E-state index in [9.17, 15) is 13.6 Å². The Labute approximate surface area is 198 Å². The third-order valence-electron chi connectivity index (χ3n) is 5.97. The van der Waals surface area contributed by atoms with E-state index in [2.05, 4.69) is 10.2 Å². The Morgan fingerprint density at radius 2 is 1.94 bits per heavy atom. The number of amides is 1. The van der Waals surface area contributed by atoms with E-state index in [4.69, 9.17) is 21.3 Å². The van der Waals surface area contributed by atoms with Crippen LogP contribution in [-0.2, 0) is 11.3 Å². The van der Waals surface area contributed by atoms with Crippen molar-refractivity contribution in [3.05, 3.63) is 64.4 Å². The lowest BCUT2D eigenvalue weighted by Gasteiger charge is -2.40. The molecule has 0 N–H and O–H groups in total. The number of ether oxygens (including phenoxy) is 1. The maximum Gasteiger partial charge on any atom is 0.260 e. The number of anilines is 1. The van der Waals surface area contributed by atoms with Crippen molar-refractivity contribution >= 4 is 40.0 Å². The van der Waals surface area contributed by atoms with Gasteiger partial charge in [0.1, 0.15) is 23.8 Å². The number of methoxy groups -OCH3 is 1. The van der Waals surface area contributed by atoms with Crippen LogP contribution in [0.25, 0.3) is 16.6 Å². The van der Waals surface area contributed by atoms with Gasteiger partial charge in [0, 0.05) is 43.2 Å². The molecule has 3 heterocycles. The van der Waals surface area contributed by atoms with E-state index in [-0.39, 0.29) is 19.2 Å². The molecule has 0 spiro atoms. The molecule has 176 valence electrons. The fourth-order valence-corrected chi connectivity index (χ4v) is 4.53. The van der Waals surface area contributed by atoms with E-state index in [0.717, 1.165) is 17.5 Å². The van der Waals surface area contributed by atoms with Crippen LogP contribution in [-0.4, -0.2) is 63.2 Å². The van der Waals surface area contributed by atoms with Gasteiger partial charge in [-0.2, -0.15) is 0 Å². The summed E-state index contributed by atoms with van der Waals surface area (Å²) in [4.78, 5) is 21.3. The van der Waals surface area contributed by atoms with Gasteiger partial charge in [0.25, 0.3) is 5.91 Å². The first-order chi connectivity index (χ1) is 16.4. The monoisotopic (exact) mass is 486 g/mol. The van der Waals surface area contributed by atoms with Gasteiger partial charge in [-0.1, -0.05) is 17.7 Å². The first-order valence-electron chi connectivity index (χ1n) is 10.7. The molecule has 1 aliphatic heterocycles. The van der Waals surface area contributed by atoms with Crippen LogP contribution in [0.2, 0.25) is 5.02 Å². The number of carbonyl (C=O) groups excluding carboxylic acids is 1. The molecule has 4 aromatic rings. The summed E-state index contributed by atoms with van der Waals surface area (Å²) in [6, 6.07) is 8.44. The van der Waals surface area contributed by atoms with Gasteiger partial charge in [0.15, 0.2) is 11.5 Å². The number of fused-ring (bicyclic) bond motifs is 3. The number of halogens is 3. The molecular formula is C23H21ClF2N6O2. The zero-order valence-corrected chi connectivity index (χ0v) is 19.3. The lowest BCUT2D eigenvalue weighted by Crippen LogP contribution is -2.55. The lowest BCUT2D eigenvalue weighted by atomic mass is 10.1. The van der Waals surface area contributed by atoms with Gasteiger partial charge in [-0.05, 0) is 37.3 Å². The minimum Gasteiger partial charge on any atom is -0.377 e. The number of rotatable bonds is 4. The van der Waals surface area contributed by atoms with E-state index >= 15 is 0 Å². The Balaban J connectivity index is 1.52. The molecule has 0 radical (unpaired) electrons. The second-order valence-electron chi connectivity index (χ2n) is 8.17. The summed E-state index contributed by atoms with van der Waals surface area (Å²) >= 11 is 6.20. The predicted molar refractivity (Wildman–Crippen MR) is 123 cm³/mol. The first-order valence-corrected chi connectivity index (χ1v) is 11.1. The third kappa shape index (κ3) is 3.72. The number of nitrogens with zero attached hydrogens (tertiary/aromatic N) is 6. The molecule has 2 aromatic carbocycles. The highest BCUT2D eigenvalue weighted by atomic mass is 35.5. The fraction of sp³-hybridized carbons (Fsp3) is 0.304. The van der Waals surface area contributed by atoms with E-state index in [0.29, 0.717) is 41.0 Å². The molecule has 0 unspecified atom stereocenters. The van der Waals surface area contributed by atoms with Gasteiger partial charge in [0.05, 0.1) is 5.52 Å². The van der Waals surface area contributed by atoms with Crippen molar-refractivity contribution in [3.8, 4) is 0 Å². The van der Waals surface area contributed by atoms with Gasteiger partial charge >= 0.3 is 0 Å². The zero-order chi connectivity index (χ0) is 24.0. The quantitative estimate of drug-likeness (QED) is 0.438. The molecular weight excluding hydrogens is 466 g/mol. The van der Waals surface area contributed by atoms with Gasteiger partial charge < -0.3 is 14.5 Å². The highest BCUT2D eigenvalue weighted by molar-refractivity contribution is 6.31. The molecule has 1 aliphatic rings. The van der Waals surface area contributed by atoms with Crippen LogP contribution in [0.1, 0.15) is 23.1 Å². The van der Waals surface area contributed by atoms with Crippen molar-refractivity contribution < 1.29 is 18.3 Å². The fourth-order valence-electron chi connectivity index (χ4n) is 4.37. The Hall–Kier alpha value is -3.37. The van der Waals surface area contributed by atoms with Crippen molar-refractivity contribution in [2.45, 2.75) is 19.6 Å². The maximum absolute atomic E-state index is 14.2. The van der Waals surface area contributed by atoms with Crippen molar-refractivity contribution in [2.24, 2.45) is 0 Å². The summed E-state index contributed by atoms with van der Waals surface area (Å²) in [5.41, 5.74) is 0.735. The molecule has 5 rings (SSSR count). The Kier molecular flexibility index (Phi) is 5.78. The molecule has 11 heteroatoms. The standard InChI is InChI=1S/C23H21ClF2N6O2/c1-13-11-30(8-9-31(13)22(33)20-16(25)4-3-5-17(20)26)23-27-18-10-14(24)6-7-15(18)21-29-28-19(12-34-2)32(21)23/h3-7,10,13H,8-9,11-12H2,1-2H3/t13-/m1/s1. The summed E-state index contributed by atoms with van der Waals surface area (Å²) in [5.74, 6) is -1.25. The Bertz CT molecular complexity index is 1390. The molecule has 0 saturated carbocycles. The second-order valence-corrected chi connectivity index (χ2v) is 8.61. The van der Waals surface area contributed by atoms with E-state index in [1.54, 1.807) is 19.2 Å². The van der Waals surface area contributed by atoms with Gasteiger partial charge in [-0.15, -0.1) is 10.2 Å². The molecule has 0 bridgehead atoms. The SMILES string of the molecule is COCc1nnc2c3ccc(Cl)cc3nc(N3CCN(C(=O)c4c(F)cccc4F)[C@H](C)C3)n12. The van der Waals surface area contributed by atoms with Gasteiger partial charge in [-0.25, -0.2) is 18.2 Å². The Morgan fingerprint density at radius 1 is 1.18 bits per heavy atom. The van der Waals surface area contributed by atoms with Gasteiger partial charge in [0.2, 0.25) is 5.95 Å². The molecule has 0 aliphatic carbocycles. The minimum atomic E-state index is -0.872. The topological polar surface area (TPSA) is 75.9 Å². The molecule has 1 saturated heterocycles. The van der Waals surface area contributed by atoms with E-state index in [1.165, 1.54) is 11.0 Å². The van der Waals surface area contributed by atoms with E-state index in [1.807, 2.05) is 22.3 Å². The van der Waals surface area contributed by atoms with Crippen molar-refractivity contribution in [2.75, 3.05) is 31.6 Å². The molecule has 8 nitrogen and oxygen atoms in total. The molecule has 1 atom stereocenters. The van der Waals surface area contributed by atoms with Crippen LogP contribution >= 0.6 is 11.6 Å². The molecule has 2 aromatic heterocycles.